The zero-order valence-electron chi connectivity index (χ0n) is 17.7. The van der Waals surface area contributed by atoms with E-state index in [4.69, 9.17) is 9.52 Å². The number of aromatic nitrogens is 2. The van der Waals surface area contributed by atoms with Gasteiger partial charge in [-0.3, -0.25) is 4.79 Å². The molecule has 1 amide bonds. The van der Waals surface area contributed by atoms with Gasteiger partial charge in [0, 0.05) is 22.9 Å². The van der Waals surface area contributed by atoms with Gasteiger partial charge in [0.1, 0.15) is 11.3 Å². The van der Waals surface area contributed by atoms with Crippen molar-refractivity contribution in [2.24, 2.45) is 0 Å². The SMILES string of the molecule is CS(=N)(=O)c1cccc(NC(=O)c2cc(C(F)(F)F)nnc2Oc2ccc(OC(F)(F)F)cc2F)c1. The predicted molar refractivity (Wildman–Crippen MR) is 110 cm³/mol. The Kier molecular flexibility index (Phi) is 7.11. The van der Waals surface area contributed by atoms with Crippen molar-refractivity contribution in [2.45, 2.75) is 17.4 Å². The van der Waals surface area contributed by atoms with Crippen LogP contribution in [0.25, 0.3) is 0 Å². The minimum absolute atomic E-state index is 0.0174. The molecule has 1 aromatic heterocycles. The Balaban J connectivity index is 1.97. The molecule has 36 heavy (non-hydrogen) atoms. The topological polar surface area (TPSA) is 114 Å². The minimum Gasteiger partial charge on any atom is -0.434 e. The van der Waals surface area contributed by atoms with Crippen LogP contribution in [0.3, 0.4) is 0 Å². The Morgan fingerprint density at radius 1 is 1.03 bits per heavy atom. The highest BCUT2D eigenvalue weighted by atomic mass is 32.2. The Morgan fingerprint density at radius 3 is 2.31 bits per heavy atom. The molecule has 192 valence electrons. The Morgan fingerprint density at radius 2 is 1.72 bits per heavy atom. The molecule has 3 rings (SSSR count). The maximum Gasteiger partial charge on any atom is 0.573 e. The zero-order valence-corrected chi connectivity index (χ0v) is 18.5. The van der Waals surface area contributed by atoms with E-state index in [1.807, 2.05) is 0 Å². The molecule has 8 nitrogen and oxygen atoms in total. The number of benzene rings is 2. The Labute approximate surface area is 198 Å². The number of hydrogen-bond acceptors (Lipinski definition) is 7. The molecule has 0 fully saturated rings. The molecular weight excluding hydrogens is 525 g/mol. The van der Waals surface area contributed by atoms with Crippen LogP contribution in [0, 0.1) is 10.6 Å². The number of nitrogens with one attached hydrogen (secondary N) is 2. The highest BCUT2D eigenvalue weighted by Gasteiger charge is 2.35. The molecule has 2 aromatic carbocycles. The van der Waals surface area contributed by atoms with Gasteiger partial charge in [0.2, 0.25) is 0 Å². The van der Waals surface area contributed by atoms with E-state index in [0.29, 0.717) is 18.2 Å². The van der Waals surface area contributed by atoms with Gasteiger partial charge in [-0.1, -0.05) is 6.07 Å². The van der Waals surface area contributed by atoms with Crippen LogP contribution in [0.4, 0.5) is 36.4 Å². The lowest BCUT2D eigenvalue weighted by atomic mass is 10.2. The van der Waals surface area contributed by atoms with Gasteiger partial charge < -0.3 is 14.8 Å². The summed E-state index contributed by atoms with van der Waals surface area (Å²) in [6.45, 7) is 0. The highest BCUT2D eigenvalue weighted by molar-refractivity contribution is 7.91. The van der Waals surface area contributed by atoms with Crippen LogP contribution in [0.15, 0.2) is 53.4 Å². The summed E-state index contributed by atoms with van der Waals surface area (Å²) in [5.41, 5.74) is -2.50. The molecular formula is C20H13F7N4O4S. The first-order valence-corrected chi connectivity index (χ1v) is 11.3. The van der Waals surface area contributed by atoms with E-state index in [0.717, 1.165) is 12.3 Å². The zero-order chi connectivity index (χ0) is 26.9. The monoisotopic (exact) mass is 538 g/mol. The molecule has 1 unspecified atom stereocenters. The maximum atomic E-state index is 14.3. The molecule has 0 bridgehead atoms. The van der Waals surface area contributed by atoms with Crippen molar-refractivity contribution < 1.29 is 49.2 Å². The third-order valence-corrected chi connectivity index (χ3v) is 5.33. The Hall–Kier alpha value is -3.95. The fourth-order valence-electron chi connectivity index (χ4n) is 2.64. The normalized spacial score (nSPS) is 13.6. The first kappa shape index (κ1) is 26.7. The number of rotatable bonds is 6. The number of nitrogens with zero attached hydrogens (tertiary/aromatic N) is 2. The van der Waals surface area contributed by atoms with Crippen molar-refractivity contribution in [1.82, 2.24) is 10.2 Å². The molecule has 0 aliphatic rings. The Bertz CT molecular complexity index is 1410. The lowest BCUT2D eigenvalue weighted by Crippen LogP contribution is -2.18. The summed E-state index contributed by atoms with van der Waals surface area (Å²) in [5.74, 6) is -5.28. The van der Waals surface area contributed by atoms with Crippen LogP contribution in [-0.4, -0.2) is 32.9 Å². The number of carbonyl (C=O) groups excluding carboxylic acids is 1. The van der Waals surface area contributed by atoms with Crippen molar-refractivity contribution in [3.63, 3.8) is 0 Å². The number of hydrogen-bond donors (Lipinski definition) is 2. The van der Waals surface area contributed by atoms with Gasteiger partial charge in [0.05, 0.1) is 9.73 Å². The van der Waals surface area contributed by atoms with Crippen LogP contribution >= 0.6 is 0 Å². The lowest BCUT2D eigenvalue weighted by Gasteiger charge is -2.14. The van der Waals surface area contributed by atoms with Gasteiger partial charge in [0.15, 0.2) is 17.3 Å². The lowest BCUT2D eigenvalue weighted by molar-refractivity contribution is -0.274. The van der Waals surface area contributed by atoms with Gasteiger partial charge in [0.25, 0.3) is 11.8 Å². The third kappa shape index (κ3) is 6.80. The summed E-state index contributed by atoms with van der Waals surface area (Å²) >= 11 is 0. The van der Waals surface area contributed by atoms with E-state index in [9.17, 15) is 39.7 Å². The summed E-state index contributed by atoms with van der Waals surface area (Å²) in [6.07, 6.45) is -9.02. The average Bonchev–Trinajstić information content (AvgIpc) is 2.73. The molecule has 0 spiro atoms. The number of amides is 1. The van der Waals surface area contributed by atoms with Crippen LogP contribution in [-0.2, 0) is 15.9 Å². The first-order chi connectivity index (χ1) is 16.5. The van der Waals surface area contributed by atoms with E-state index in [2.05, 4.69) is 20.3 Å². The van der Waals surface area contributed by atoms with Crippen molar-refractivity contribution in [3.05, 3.63) is 65.6 Å². The number of alkyl halides is 6. The molecule has 0 saturated carbocycles. The average molecular weight is 538 g/mol. The van der Waals surface area contributed by atoms with Gasteiger partial charge >= 0.3 is 12.5 Å². The number of halogens is 7. The van der Waals surface area contributed by atoms with Gasteiger partial charge in [-0.05, 0) is 36.4 Å². The van der Waals surface area contributed by atoms with E-state index in [1.54, 1.807) is 0 Å². The van der Waals surface area contributed by atoms with Crippen molar-refractivity contribution in [2.75, 3.05) is 11.6 Å². The fraction of sp³-hybridized carbons (Fsp3) is 0.150. The number of anilines is 1. The second kappa shape index (κ2) is 9.60. The van der Waals surface area contributed by atoms with Gasteiger partial charge in [-0.2, -0.15) is 13.2 Å². The van der Waals surface area contributed by atoms with Crippen LogP contribution < -0.4 is 14.8 Å². The van der Waals surface area contributed by atoms with Crippen molar-refractivity contribution >= 4 is 21.3 Å². The maximum absolute atomic E-state index is 14.3. The first-order valence-electron chi connectivity index (χ1n) is 9.36. The molecule has 0 aliphatic heterocycles. The summed E-state index contributed by atoms with van der Waals surface area (Å²) < 4.78 is 119. The van der Waals surface area contributed by atoms with E-state index in [1.165, 1.54) is 18.2 Å². The summed E-state index contributed by atoms with van der Waals surface area (Å²) in [7, 11) is -3.19. The molecule has 3 aromatic rings. The minimum atomic E-state index is -5.11. The van der Waals surface area contributed by atoms with Crippen molar-refractivity contribution in [3.8, 4) is 17.4 Å². The smallest absolute Gasteiger partial charge is 0.434 e. The quantitative estimate of drug-likeness (QED) is 0.394. The van der Waals surface area contributed by atoms with Crippen LogP contribution in [0.5, 0.6) is 17.4 Å². The van der Waals surface area contributed by atoms with Crippen LogP contribution in [0.2, 0.25) is 0 Å². The molecule has 0 saturated heterocycles. The second-order valence-electron chi connectivity index (χ2n) is 7.01. The number of ether oxygens (including phenoxy) is 2. The summed E-state index contributed by atoms with van der Waals surface area (Å²) in [5, 5.41) is 8.30. The largest absolute Gasteiger partial charge is 0.573 e. The standard InChI is InChI=1S/C20H13F7N4O4S/c1-36(28,33)12-4-2-3-10(7-12)29-17(32)13-9-16(19(22,23)24)30-31-18(13)34-15-6-5-11(8-14(15)21)35-20(25,26)27/h2-9,28H,1H3,(H,29,32). The molecule has 2 N–H and O–H groups in total. The number of carbonyl (C=O) groups is 1. The molecule has 0 radical (unpaired) electrons. The van der Waals surface area contributed by atoms with E-state index < -0.39 is 62.6 Å². The summed E-state index contributed by atoms with van der Waals surface area (Å²) in [4.78, 5) is 12.8. The molecule has 1 atom stereocenters. The van der Waals surface area contributed by atoms with Gasteiger partial charge in [-0.25, -0.2) is 13.4 Å². The third-order valence-electron chi connectivity index (χ3n) is 4.18. The van der Waals surface area contributed by atoms with Crippen molar-refractivity contribution in [1.29, 1.82) is 4.78 Å². The van der Waals surface area contributed by atoms with Crippen LogP contribution in [0.1, 0.15) is 16.1 Å². The second-order valence-corrected chi connectivity index (χ2v) is 9.17. The molecule has 1 heterocycles. The predicted octanol–water partition coefficient (Wildman–Crippen LogP) is 5.61. The van der Waals surface area contributed by atoms with E-state index in [-0.39, 0.29) is 16.6 Å². The van der Waals surface area contributed by atoms with E-state index >= 15 is 0 Å². The van der Waals surface area contributed by atoms with Gasteiger partial charge in [-0.15, -0.1) is 23.4 Å². The fourth-order valence-corrected chi connectivity index (χ4v) is 3.33. The highest BCUT2D eigenvalue weighted by Crippen LogP contribution is 2.33. The molecule has 16 heteroatoms. The summed E-state index contributed by atoms with van der Waals surface area (Å²) in [6, 6.07) is 7.04. The molecule has 0 aliphatic carbocycles.